The molecule has 1 saturated carbocycles. The number of aliphatic hydroxyl groups is 1. The third kappa shape index (κ3) is 3.06. The fourth-order valence-electron chi connectivity index (χ4n) is 2.22. The van der Waals surface area contributed by atoms with Gasteiger partial charge in [0.05, 0.1) is 0 Å². The van der Waals surface area contributed by atoms with Gasteiger partial charge in [-0.25, -0.2) is 0 Å². The number of benzene rings is 1. The maximum absolute atomic E-state index is 8.79. The van der Waals surface area contributed by atoms with Crippen molar-refractivity contribution in [3.63, 3.8) is 0 Å². The molecule has 90 valence electrons. The number of hydrogen-bond acceptors (Lipinski definition) is 2. The molecule has 0 spiro atoms. The Morgan fingerprint density at radius 3 is 1.94 bits per heavy atom. The van der Waals surface area contributed by atoms with Gasteiger partial charge in [-0.3, -0.25) is 0 Å². The fourth-order valence-corrected chi connectivity index (χ4v) is 2.22. The zero-order chi connectivity index (χ0) is 12.2. The van der Waals surface area contributed by atoms with Gasteiger partial charge in [-0.2, -0.15) is 0 Å². The lowest BCUT2D eigenvalue weighted by Crippen LogP contribution is -2.05. The van der Waals surface area contributed by atoms with Crippen molar-refractivity contribution in [2.24, 2.45) is 23.0 Å². The normalized spacial score (nSPS) is 25.6. The molecule has 0 saturated heterocycles. The summed E-state index contributed by atoms with van der Waals surface area (Å²) in [6, 6.07) is 10.3. The van der Waals surface area contributed by atoms with E-state index in [4.69, 9.17) is 10.8 Å². The predicted octanol–water partition coefficient (Wildman–Crippen LogP) is 2.20. The summed E-state index contributed by atoms with van der Waals surface area (Å²) in [5, 5.41) is 8.79. The van der Waals surface area contributed by atoms with Crippen LogP contribution < -0.4 is 5.73 Å². The molecule has 0 aromatic heterocycles. The molecule has 0 aliphatic heterocycles. The molecule has 2 rings (SSSR count). The van der Waals surface area contributed by atoms with Crippen molar-refractivity contribution in [2.75, 3.05) is 13.2 Å². The van der Waals surface area contributed by atoms with E-state index in [2.05, 4.69) is 32.9 Å². The summed E-state index contributed by atoms with van der Waals surface area (Å²) in [4.78, 5) is 0. The Hall–Kier alpha value is -0.860. The van der Waals surface area contributed by atoms with Crippen molar-refractivity contribution in [3.05, 3.63) is 35.9 Å². The van der Waals surface area contributed by atoms with E-state index in [9.17, 15) is 0 Å². The smallest absolute Gasteiger partial charge is 0.0467 e. The molecular formula is C14H23NO. The number of rotatable bonds is 2. The van der Waals surface area contributed by atoms with Crippen molar-refractivity contribution in [3.8, 4) is 0 Å². The quantitative estimate of drug-likeness (QED) is 0.804. The van der Waals surface area contributed by atoms with E-state index in [1.165, 1.54) is 5.56 Å². The summed E-state index contributed by atoms with van der Waals surface area (Å²) in [5.41, 5.74) is 7.10. The van der Waals surface area contributed by atoms with Crippen LogP contribution in [0.25, 0.3) is 0 Å². The van der Waals surface area contributed by atoms with Crippen LogP contribution in [0, 0.1) is 24.2 Å². The monoisotopic (exact) mass is 221 g/mol. The molecule has 1 aromatic rings. The summed E-state index contributed by atoms with van der Waals surface area (Å²) in [7, 11) is 0. The third-order valence-electron chi connectivity index (χ3n) is 3.68. The van der Waals surface area contributed by atoms with E-state index in [1.807, 2.05) is 18.2 Å². The first-order chi connectivity index (χ1) is 7.54. The minimum atomic E-state index is 0.300. The SMILES string of the molecule is CC1(C)C(CN)[C@H]1CO.Cc1ccccc1. The Balaban J connectivity index is 0.000000165. The molecule has 16 heavy (non-hydrogen) atoms. The molecule has 1 aliphatic carbocycles. The number of aliphatic hydroxyl groups excluding tert-OH is 1. The summed E-state index contributed by atoms with van der Waals surface area (Å²) in [5.74, 6) is 1.02. The van der Waals surface area contributed by atoms with Gasteiger partial charge in [0.2, 0.25) is 0 Å². The van der Waals surface area contributed by atoms with Crippen LogP contribution in [0.1, 0.15) is 19.4 Å². The van der Waals surface area contributed by atoms with E-state index in [0.717, 1.165) is 6.54 Å². The van der Waals surface area contributed by atoms with Gasteiger partial charge < -0.3 is 10.8 Å². The van der Waals surface area contributed by atoms with Crippen LogP contribution in [0.2, 0.25) is 0 Å². The maximum Gasteiger partial charge on any atom is 0.0467 e. The zero-order valence-corrected chi connectivity index (χ0v) is 10.5. The highest BCUT2D eigenvalue weighted by Gasteiger charge is 2.55. The van der Waals surface area contributed by atoms with Gasteiger partial charge in [0.1, 0.15) is 0 Å². The fraction of sp³-hybridized carbons (Fsp3) is 0.571. The minimum absolute atomic E-state index is 0.300. The first-order valence-corrected chi connectivity index (χ1v) is 5.86. The van der Waals surface area contributed by atoms with Gasteiger partial charge in [0.25, 0.3) is 0 Å². The zero-order valence-electron chi connectivity index (χ0n) is 10.5. The van der Waals surface area contributed by atoms with Crippen molar-refractivity contribution in [1.29, 1.82) is 0 Å². The Morgan fingerprint density at radius 2 is 1.75 bits per heavy atom. The molecule has 1 fully saturated rings. The molecule has 2 nitrogen and oxygen atoms in total. The Bertz CT molecular complexity index is 296. The molecule has 1 unspecified atom stereocenters. The van der Waals surface area contributed by atoms with Crippen molar-refractivity contribution < 1.29 is 5.11 Å². The highest BCUT2D eigenvalue weighted by molar-refractivity contribution is 5.11. The standard InChI is InChI=1S/C7H15NO.C7H8/c1-7(2)5(3-8)6(7)4-9;1-7-5-3-2-4-6-7/h5-6,9H,3-4,8H2,1-2H3;2-6H,1H3/t5?,6-;/m1./s1. The highest BCUT2D eigenvalue weighted by atomic mass is 16.3. The lowest BCUT2D eigenvalue weighted by molar-refractivity contribution is 0.255. The summed E-state index contributed by atoms with van der Waals surface area (Å²) < 4.78 is 0. The number of hydrogen-bond donors (Lipinski definition) is 2. The second-order valence-corrected chi connectivity index (χ2v) is 5.11. The third-order valence-corrected chi connectivity index (χ3v) is 3.68. The van der Waals surface area contributed by atoms with Gasteiger partial charge >= 0.3 is 0 Å². The Morgan fingerprint density at radius 1 is 1.19 bits per heavy atom. The Kier molecular flexibility index (Phi) is 4.51. The van der Waals surface area contributed by atoms with Gasteiger partial charge in [0.15, 0.2) is 0 Å². The van der Waals surface area contributed by atoms with Crippen LogP contribution in [-0.2, 0) is 0 Å². The Labute approximate surface area is 98.5 Å². The van der Waals surface area contributed by atoms with Crippen molar-refractivity contribution >= 4 is 0 Å². The van der Waals surface area contributed by atoms with E-state index in [-0.39, 0.29) is 0 Å². The predicted molar refractivity (Wildman–Crippen MR) is 68.1 cm³/mol. The van der Waals surface area contributed by atoms with Gasteiger partial charge in [-0.05, 0) is 30.7 Å². The first-order valence-electron chi connectivity index (χ1n) is 5.86. The molecule has 0 radical (unpaired) electrons. The lowest BCUT2D eigenvalue weighted by atomic mass is 10.1. The van der Waals surface area contributed by atoms with E-state index in [1.54, 1.807) is 0 Å². The van der Waals surface area contributed by atoms with E-state index >= 15 is 0 Å². The molecule has 0 amide bonds. The van der Waals surface area contributed by atoms with Crippen LogP contribution in [0.4, 0.5) is 0 Å². The highest BCUT2D eigenvalue weighted by Crippen LogP contribution is 2.56. The van der Waals surface area contributed by atoms with Crippen LogP contribution in [0.3, 0.4) is 0 Å². The summed E-state index contributed by atoms with van der Waals surface area (Å²) in [6.07, 6.45) is 0. The molecule has 2 heteroatoms. The number of aryl methyl sites for hydroxylation is 1. The largest absolute Gasteiger partial charge is 0.396 e. The molecule has 1 aromatic carbocycles. The molecule has 0 bridgehead atoms. The lowest BCUT2D eigenvalue weighted by Gasteiger charge is -1.97. The second-order valence-electron chi connectivity index (χ2n) is 5.11. The first kappa shape index (κ1) is 13.2. The van der Waals surface area contributed by atoms with Crippen LogP contribution in [0.5, 0.6) is 0 Å². The van der Waals surface area contributed by atoms with E-state index in [0.29, 0.717) is 23.9 Å². The number of nitrogens with two attached hydrogens (primary N) is 1. The topological polar surface area (TPSA) is 46.2 Å². The van der Waals surface area contributed by atoms with Crippen LogP contribution in [0.15, 0.2) is 30.3 Å². The average Bonchev–Trinajstić information content (AvgIpc) is 2.81. The van der Waals surface area contributed by atoms with Gasteiger partial charge in [-0.15, -0.1) is 0 Å². The van der Waals surface area contributed by atoms with Crippen molar-refractivity contribution in [2.45, 2.75) is 20.8 Å². The molecule has 2 atom stereocenters. The molecular weight excluding hydrogens is 198 g/mol. The van der Waals surface area contributed by atoms with E-state index < -0.39 is 0 Å². The molecule has 0 heterocycles. The van der Waals surface area contributed by atoms with Gasteiger partial charge in [0, 0.05) is 6.61 Å². The molecule has 1 aliphatic rings. The molecule has 3 N–H and O–H groups in total. The van der Waals surface area contributed by atoms with Crippen LogP contribution >= 0.6 is 0 Å². The van der Waals surface area contributed by atoms with Crippen molar-refractivity contribution in [1.82, 2.24) is 0 Å². The second kappa shape index (κ2) is 5.46. The summed E-state index contributed by atoms with van der Waals surface area (Å²) in [6.45, 7) is 7.42. The minimum Gasteiger partial charge on any atom is -0.396 e. The van der Waals surface area contributed by atoms with Gasteiger partial charge in [-0.1, -0.05) is 49.7 Å². The summed E-state index contributed by atoms with van der Waals surface area (Å²) >= 11 is 0. The average molecular weight is 221 g/mol. The maximum atomic E-state index is 8.79. The van der Waals surface area contributed by atoms with Crippen LogP contribution in [-0.4, -0.2) is 18.3 Å².